The van der Waals surface area contributed by atoms with Gasteiger partial charge in [0.1, 0.15) is 6.61 Å². The molecule has 0 aliphatic rings. The normalized spacial score (nSPS) is 12.4. The van der Waals surface area contributed by atoms with Gasteiger partial charge in [0.05, 0.1) is 6.61 Å². The van der Waals surface area contributed by atoms with Gasteiger partial charge in [-0.15, -0.1) is 6.58 Å². The molecular formula is C22H41O8P. The highest BCUT2D eigenvalue weighted by atomic mass is 31.2. The molecule has 0 heterocycles. The molecule has 0 bridgehead atoms. The van der Waals surface area contributed by atoms with Gasteiger partial charge in [0, 0.05) is 12.8 Å². The van der Waals surface area contributed by atoms with Gasteiger partial charge in [0.25, 0.3) is 0 Å². The number of ether oxygens (including phenoxy) is 2. The number of phosphoric ester groups is 1. The summed E-state index contributed by atoms with van der Waals surface area (Å²) >= 11 is 0. The summed E-state index contributed by atoms with van der Waals surface area (Å²) in [5.41, 5.74) is 0. The van der Waals surface area contributed by atoms with Crippen LogP contribution in [0.2, 0.25) is 0 Å². The molecule has 0 saturated carbocycles. The van der Waals surface area contributed by atoms with Crippen LogP contribution in [0.15, 0.2) is 12.7 Å². The number of unbranched alkanes of at least 4 members (excludes halogenated alkanes) is 10. The summed E-state index contributed by atoms with van der Waals surface area (Å²) in [6.45, 7) is 4.99. The predicted molar refractivity (Wildman–Crippen MR) is 119 cm³/mol. The number of esters is 2. The highest BCUT2D eigenvalue weighted by Gasteiger charge is 2.22. The number of carbonyl (C=O) groups excluding carboxylic acids is 2. The molecule has 0 aromatic rings. The maximum atomic E-state index is 12.0. The zero-order valence-corrected chi connectivity index (χ0v) is 19.9. The third-order valence-electron chi connectivity index (χ3n) is 4.68. The van der Waals surface area contributed by atoms with E-state index in [2.05, 4.69) is 18.0 Å². The van der Waals surface area contributed by atoms with Crippen molar-refractivity contribution in [3.05, 3.63) is 12.7 Å². The van der Waals surface area contributed by atoms with Gasteiger partial charge in [-0.05, 0) is 25.7 Å². The molecule has 0 aliphatic carbocycles. The molecule has 31 heavy (non-hydrogen) atoms. The Bertz CT molecular complexity index is 532. The molecule has 0 aliphatic heterocycles. The highest BCUT2D eigenvalue weighted by Crippen LogP contribution is 2.35. The first-order valence-electron chi connectivity index (χ1n) is 11.4. The second kappa shape index (κ2) is 19.5. The molecule has 0 aromatic heterocycles. The first-order valence-corrected chi connectivity index (χ1v) is 13.0. The molecule has 0 fully saturated rings. The lowest BCUT2D eigenvalue weighted by Gasteiger charge is -2.18. The van der Waals surface area contributed by atoms with Crippen molar-refractivity contribution in [1.29, 1.82) is 0 Å². The van der Waals surface area contributed by atoms with Crippen LogP contribution in [0.25, 0.3) is 0 Å². The topological polar surface area (TPSA) is 119 Å². The standard InChI is InChI=1S/C22H41O8P/c1-3-5-7-9-11-13-15-17-22(24)30-20(19-29-31(25,26)27)18-28-21(23)16-14-12-10-8-6-4-2/h3,20H,1,4-19H2,2H3,(H2,25,26,27)/t20-/m0/s1. The van der Waals surface area contributed by atoms with E-state index in [0.717, 1.165) is 64.2 Å². The molecule has 0 unspecified atom stereocenters. The van der Waals surface area contributed by atoms with Crippen LogP contribution in [-0.4, -0.2) is 41.0 Å². The summed E-state index contributed by atoms with van der Waals surface area (Å²) in [5, 5.41) is 0. The van der Waals surface area contributed by atoms with E-state index in [0.29, 0.717) is 6.42 Å². The Morgan fingerprint density at radius 2 is 1.42 bits per heavy atom. The monoisotopic (exact) mass is 464 g/mol. The minimum atomic E-state index is -4.72. The number of phosphoric acid groups is 1. The van der Waals surface area contributed by atoms with Crippen LogP contribution in [0, 0.1) is 0 Å². The largest absolute Gasteiger partial charge is 0.469 e. The fraction of sp³-hybridized carbons (Fsp3) is 0.818. The molecule has 0 aromatic carbocycles. The van der Waals surface area contributed by atoms with Crippen LogP contribution in [0.4, 0.5) is 0 Å². The van der Waals surface area contributed by atoms with Crippen LogP contribution in [0.3, 0.4) is 0 Å². The van der Waals surface area contributed by atoms with Crippen molar-refractivity contribution in [3.63, 3.8) is 0 Å². The average Bonchev–Trinajstić information content (AvgIpc) is 2.71. The van der Waals surface area contributed by atoms with Crippen molar-refractivity contribution >= 4 is 19.8 Å². The van der Waals surface area contributed by atoms with E-state index in [4.69, 9.17) is 19.3 Å². The predicted octanol–water partition coefficient (Wildman–Crippen LogP) is 5.22. The fourth-order valence-electron chi connectivity index (χ4n) is 2.94. The molecule has 0 spiro atoms. The number of allylic oxidation sites excluding steroid dienone is 1. The lowest BCUT2D eigenvalue weighted by atomic mass is 10.1. The first kappa shape index (κ1) is 29.8. The quantitative estimate of drug-likeness (QED) is 0.103. The number of rotatable bonds is 21. The summed E-state index contributed by atoms with van der Waals surface area (Å²) in [7, 11) is -4.72. The van der Waals surface area contributed by atoms with Gasteiger partial charge in [-0.2, -0.15) is 0 Å². The summed E-state index contributed by atoms with van der Waals surface area (Å²) in [5.74, 6) is -0.926. The SMILES string of the molecule is C=CCCCCCCCC(=O)O[C@@H](COC(=O)CCCCCCCC)COP(=O)(O)O. The van der Waals surface area contributed by atoms with Crippen molar-refractivity contribution in [1.82, 2.24) is 0 Å². The third kappa shape index (κ3) is 21.8. The van der Waals surface area contributed by atoms with E-state index < -0.39 is 32.5 Å². The minimum absolute atomic E-state index is 0.194. The molecule has 182 valence electrons. The molecule has 0 rings (SSSR count). The number of hydrogen-bond acceptors (Lipinski definition) is 6. The molecule has 0 saturated heterocycles. The first-order chi connectivity index (χ1) is 14.8. The Labute approximate surface area is 187 Å². The van der Waals surface area contributed by atoms with Crippen LogP contribution < -0.4 is 0 Å². The maximum absolute atomic E-state index is 12.0. The molecule has 2 N–H and O–H groups in total. The summed E-state index contributed by atoms with van der Waals surface area (Å²) in [6.07, 6.45) is 13.2. The van der Waals surface area contributed by atoms with Crippen LogP contribution in [0.1, 0.15) is 96.8 Å². The Hall–Kier alpha value is -1.21. The zero-order chi connectivity index (χ0) is 23.4. The molecule has 1 atom stereocenters. The van der Waals surface area contributed by atoms with E-state index in [1.165, 1.54) is 6.42 Å². The van der Waals surface area contributed by atoms with Crippen LogP contribution >= 0.6 is 7.82 Å². The number of hydrogen-bond donors (Lipinski definition) is 2. The van der Waals surface area contributed by atoms with E-state index >= 15 is 0 Å². The summed E-state index contributed by atoms with van der Waals surface area (Å²) in [6, 6.07) is 0. The average molecular weight is 465 g/mol. The Morgan fingerprint density at radius 1 is 0.871 bits per heavy atom. The molecule has 8 nitrogen and oxygen atoms in total. The lowest BCUT2D eigenvalue weighted by molar-refractivity contribution is -0.161. The lowest BCUT2D eigenvalue weighted by Crippen LogP contribution is -2.29. The van der Waals surface area contributed by atoms with Gasteiger partial charge in [-0.1, -0.05) is 64.4 Å². The second-order valence-electron chi connectivity index (χ2n) is 7.69. The van der Waals surface area contributed by atoms with Crippen LogP contribution in [0.5, 0.6) is 0 Å². The Kier molecular flexibility index (Phi) is 18.7. The third-order valence-corrected chi connectivity index (χ3v) is 5.17. The van der Waals surface area contributed by atoms with Crippen molar-refractivity contribution in [2.24, 2.45) is 0 Å². The maximum Gasteiger partial charge on any atom is 0.469 e. The van der Waals surface area contributed by atoms with E-state index in [-0.39, 0.29) is 19.4 Å². The Balaban J connectivity index is 4.21. The van der Waals surface area contributed by atoms with Gasteiger partial charge < -0.3 is 19.3 Å². The van der Waals surface area contributed by atoms with Crippen LogP contribution in [-0.2, 0) is 28.2 Å². The summed E-state index contributed by atoms with van der Waals surface area (Å²) < 4.78 is 25.7. The number of carbonyl (C=O) groups is 2. The smallest absolute Gasteiger partial charge is 0.462 e. The van der Waals surface area contributed by atoms with Gasteiger partial charge in [0.15, 0.2) is 6.10 Å². The van der Waals surface area contributed by atoms with Gasteiger partial charge in [0.2, 0.25) is 0 Å². The minimum Gasteiger partial charge on any atom is -0.462 e. The zero-order valence-electron chi connectivity index (χ0n) is 19.0. The van der Waals surface area contributed by atoms with Gasteiger partial charge >= 0.3 is 19.8 Å². The Morgan fingerprint density at radius 3 is 2.00 bits per heavy atom. The van der Waals surface area contributed by atoms with E-state index in [1.54, 1.807) is 0 Å². The van der Waals surface area contributed by atoms with E-state index in [9.17, 15) is 14.2 Å². The fourth-order valence-corrected chi connectivity index (χ4v) is 3.30. The van der Waals surface area contributed by atoms with Gasteiger partial charge in [-0.25, -0.2) is 4.57 Å². The van der Waals surface area contributed by atoms with Gasteiger partial charge in [-0.3, -0.25) is 14.1 Å². The second-order valence-corrected chi connectivity index (χ2v) is 8.93. The molecule has 0 amide bonds. The molecule has 0 radical (unpaired) electrons. The van der Waals surface area contributed by atoms with Crippen molar-refractivity contribution in [2.45, 2.75) is 103 Å². The molecular weight excluding hydrogens is 423 g/mol. The van der Waals surface area contributed by atoms with Crippen molar-refractivity contribution in [2.75, 3.05) is 13.2 Å². The summed E-state index contributed by atoms with van der Waals surface area (Å²) in [4.78, 5) is 41.7. The van der Waals surface area contributed by atoms with E-state index in [1.807, 2.05) is 6.08 Å². The van der Waals surface area contributed by atoms with Crippen molar-refractivity contribution in [3.8, 4) is 0 Å². The van der Waals surface area contributed by atoms with Crippen molar-refractivity contribution < 1.29 is 37.9 Å². The molecule has 9 heteroatoms. The highest BCUT2D eigenvalue weighted by molar-refractivity contribution is 7.46.